The van der Waals surface area contributed by atoms with E-state index >= 15 is 0 Å². The number of hydrogen-bond acceptors (Lipinski definition) is 0. The maximum atomic E-state index is 2.46. The molecule has 0 N–H and O–H groups in total. The van der Waals surface area contributed by atoms with Gasteiger partial charge in [0.1, 0.15) is 0 Å². The average Bonchev–Trinajstić information content (AvgIpc) is 2.04. The van der Waals surface area contributed by atoms with Crippen molar-refractivity contribution in [1.82, 2.24) is 0 Å². The first-order chi connectivity index (χ1) is 5.36. The van der Waals surface area contributed by atoms with Crippen LogP contribution in [-0.4, -0.2) is 0 Å². The predicted molar refractivity (Wildman–Crippen MR) is 48.4 cm³/mol. The predicted octanol–water partition coefficient (Wildman–Crippen LogP) is 3.53. The molecule has 0 spiro atoms. The van der Waals surface area contributed by atoms with Crippen molar-refractivity contribution in [2.45, 2.75) is 45.4 Å². The molecule has 0 amide bonds. The van der Waals surface area contributed by atoms with E-state index in [1.54, 1.807) is 5.57 Å². The number of fused-ring (bicyclic) bond motifs is 1. The Morgan fingerprint density at radius 1 is 1.18 bits per heavy atom. The van der Waals surface area contributed by atoms with Crippen molar-refractivity contribution in [2.24, 2.45) is 11.8 Å². The van der Waals surface area contributed by atoms with Crippen LogP contribution in [0.4, 0.5) is 0 Å². The summed E-state index contributed by atoms with van der Waals surface area (Å²) in [6.45, 7) is 2.30. The monoisotopic (exact) mass is 150 g/mol. The Bertz CT molecular complexity index is 167. The van der Waals surface area contributed by atoms with Crippen LogP contribution >= 0.6 is 0 Å². The summed E-state index contributed by atoms with van der Waals surface area (Å²) in [6, 6.07) is 0. The van der Waals surface area contributed by atoms with Crippen molar-refractivity contribution in [3.63, 3.8) is 0 Å². The fourth-order valence-electron chi connectivity index (χ4n) is 2.71. The fraction of sp³-hybridized carbons (Fsp3) is 0.818. The molecule has 2 aliphatic carbocycles. The van der Waals surface area contributed by atoms with E-state index in [0.717, 1.165) is 11.8 Å². The van der Waals surface area contributed by atoms with E-state index in [2.05, 4.69) is 13.0 Å². The second-order valence-corrected chi connectivity index (χ2v) is 4.29. The Morgan fingerprint density at radius 3 is 2.73 bits per heavy atom. The molecule has 0 aliphatic heterocycles. The Hall–Kier alpha value is -0.260. The maximum absolute atomic E-state index is 2.46. The molecule has 0 aromatic rings. The zero-order valence-corrected chi connectivity index (χ0v) is 7.47. The Morgan fingerprint density at radius 2 is 1.91 bits per heavy atom. The SMILES string of the molecule is CC1=CCC2CCCCC2C1. The average molecular weight is 150 g/mol. The van der Waals surface area contributed by atoms with E-state index in [0.29, 0.717) is 0 Å². The van der Waals surface area contributed by atoms with Gasteiger partial charge in [-0.15, -0.1) is 0 Å². The first-order valence-corrected chi connectivity index (χ1v) is 5.02. The summed E-state index contributed by atoms with van der Waals surface area (Å²) in [7, 11) is 0. The van der Waals surface area contributed by atoms with E-state index in [-0.39, 0.29) is 0 Å². The topological polar surface area (TPSA) is 0 Å². The van der Waals surface area contributed by atoms with Gasteiger partial charge in [0.05, 0.1) is 0 Å². The third kappa shape index (κ3) is 1.50. The lowest BCUT2D eigenvalue weighted by Crippen LogP contribution is -2.22. The summed E-state index contributed by atoms with van der Waals surface area (Å²) in [5.74, 6) is 2.13. The van der Waals surface area contributed by atoms with Gasteiger partial charge in [0.2, 0.25) is 0 Å². The molecule has 1 saturated carbocycles. The van der Waals surface area contributed by atoms with E-state index in [9.17, 15) is 0 Å². The van der Waals surface area contributed by atoms with Gasteiger partial charge in [0.15, 0.2) is 0 Å². The van der Waals surface area contributed by atoms with Crippen LogP contribution in [0.3, 0.4) is 0 Å². The second-order valence-electron chi connectivity index (χ2n) is 4.29. The quantitative estimate of drug-likeness (QED) is 0.463. The number of allylic oxidation sites excluding steroid dienone is 2. The molecule has 2 aliphatic rings. The summed E-state index contributed by atoms with van der Waals surface area (Å²) < 4.78 is 0. The molecule has 0 nitrogen and oxygen atoms in total. The minimum absolute atomic E-state index is 1.06. The van der Waals surface area contributed by atoms with Gasteiger partial charge in [-0.25, -0.2) is 0 Å². The standard InChI is InChI=1S/C11H18/c1-9-6-7-10-4-2-3-5-11(10)8-9/h6,10-11H,2-5,7-8H2,1H3. The first kappa shape index (κ1) is 7.39. The van der Waals surface area contributed by atoms with Gasteiger partial charge in [-0.05, 0) is 44.4 Å². The summed E-state index contributed by atoms with van der Waals surface area (Å²) >= 11 is 0. The summed E-state index contributed by atoms with van der Waals surface area (Å²) in [6.07, 6.45) is 11.3. The van der Waals surface area contributed by atoms with Crippen molar-refractivity contribution in [1.29, 1.82) is 0 Å². The molecule has 2 atom stereocenters. The molecule has 2 rings (SSSR count). The Labute approximate surface area is 69.7 Å². The summed E-state index contributed by atoms with van der Waals surface area (Å²) in [4.78, 5) is 0. The maximum Gasteiger partial charge on any atom is -0.0292 e. The fourth-order valence-corrected chi connectivity index (χ4v) is 2.71. The van der Waals surface area contributed by atoms with Crippen LogP contribution in [0.2, 0.25) is 0 Å². The zero-order chi connectivity index (χ0) is 7.68. The van der Waals surface area contributed by atoms with Crippen LogP contribution in [0, 0.1) is 11.8 Å². The molecule has 11 heavy (non-hydrogen) atoms. The molecular weight excluding hydrogens is 132 g/mol. The highest BCUT2D eigenvalue weighted by Gasteiger charge is 2.26. The van der Waals surface area contributed by atoms with Crippen molar-refractivity contribution in [3.05, 3.63) is 11.6 Å². The number of hydrogen-bond donors (Lipinski definition) is 0. The van der Waals surface area contributed by atoms with Gasteiger partial charge < -0.3 is 0 Å². The minimum atomic E-state index is 1.06. The molecule has 0 aromatic heterocycles. The van der Waals surface area contributed by atoms with E-state index in [1.807, 2.05) is 0 Å². The van der Waals surface area contributed by atoms with E-state index < -0.39 is 0 Å². The number of rotatable bonds is 0. The second kappa shape index (κ2) is 3.00. The van der Waals surface area contributed by atoms with Crippen molar-refractivity contribution in [2.75, 3.05) is 0 Å². The first-order valence-electron chi connectivity index (χ1n) is 5.02. The van der Waals surface area contributed by atoms with Crippen LogP contribution in [0.15, 0.2) is 11.6 Å². The van der Waals surface area contributed by atoms with Gasteiger partial charge in [-0.3, -0.25) is 0 Å². The molecule has 2 unspecified atom stereocenters. The highest BCUT2D eigenvalue weighted by Crippen LogP contribution is 2.39. The van der Waals surface area contributed by atoms with Gasteiger partial charge >= 0.3 is 0 Å². The lowest BCUT2D eigenvalue weighted by atomic mass is 9.72. The molecular formula is C11H18. The molecule has 0 heteroatoms. The van der Waals surface area contributed by atoms with Crippen LogP contribution in [0.5, 0.6) is 0 Å². The summed E-state index contributed by atoms with van der Waals surface area (Å²) in [5.41, 5.74) is 1.65. The normalized spacial score (nSPS) is 37.7. The van der Waals surface area contributed by atoms with Gasteiger partial charge in [0.25, 0.3) is 0 Å². The zero-order valence-electron chi connectivity index (χ0n) is 7.47. The lowest BCUT2D eigenvalue weighted by molar-refractivity contribution is 0.226. The lowest BCUT2D eigenvalue weighted by Gasteiger charge is -2.34. The van der Waals surface area contributed by atoms with Gasteiger partial charge in [-0.1, -0.05) is 24.5 Å². The van der Waals surface area contributed by atoms with Crippen molar-refractivity contribution >= 4 is 0 Å². The summed E-state index contributed by atoms with van der Waals surface area (Å²) in [5, 5.41) is 0. The van der Waals surface area contributed by atoms with Gasteiger partial charge in [0, 0.05) is 0 Å². The molecule has 1 fully saturated rings. The van der Waals surface area contributed by atoms with Crippen LogP contribution in [0.25, 0.3) is 0 Å². The van der Waals surface area contributed by atoms with E-state index in [4.69, 9.17) is 0 Å². The molecule has 0 heterocycles. The molecule has 62 valence electrons. The minimum Gasteiger partial charge on any atom is -0.0853 e. The molecule has 0 bridgehead atoms. The largest absolute Gasteiger partial charge is 0.0853 e. The van der Waals surface area contributed by atoms with E-state index in [1.165, 1.54) is 38.5 Å². The molecule has 0 saturated heterocycles. The third-order valence-corrected chi connectivity index (χ3v) is 3.42. The van der Waals surface area contributed by atoms with Crippen LogP contribution in [0.1, 0.15) is 45.4 Å². The van der Waals surface area contributed by atoms with Crippen LogP contribution < -0.4 is 0 Å². The third-order valence-electron chi connectivity index (χ3n) is 3.42. The highest BCUT2D eigenvalue weighted by atomic mass is 14.3. The van der Waals surface area contributed by atoms with Gasteiger partial charge in [-0.2, -0.15) is 0 Å². The Kier molecular flexibility index (Phi) is 2.02. The van der Waals surface area contributed by atoms with Crippen molar-refractivity contribution < 1.29 is 0 Å². The smallest absolute Gasteiger partial charge is 0.0292 e. The molecule has 0 aromatic carbocycles. The molecule has 0 radical (unpaired) electrons. The van der Waals surface area contributed by atoms with Crippen molar-refractivity contribution in [3.8, 4) is 0 Å². The Balaban J connectivity index is 2.04. The van der Waals surface area contributed by atoms with Crippen LogP contribution in [-0.2, 0) is 0 Å². The highest BCUT2D eigenvalue weighted by molar-refractivity contribution is 5.06.